The lowest BCUT2D eigenvalue weighted by molar-refractivity contribution is 0.0519. The van der Waals surface area contributed by atoms with Gasteiger partial charge in [-0.05, 0) is 23.9 Å². The maximum Gasteiger partial charge on any atom is 0.355 e. The summed E-state index contributed by atoms with van der Waals surface area (Å²) in [7, 11) is 2.96. The molecule has 2 aromatic carbocycles. The first-order valence-electron chi connectivity index (χ1n) is 12.1. The molecule has 0 spiro atoms. The van der Waals surface area contributed by atoms with Crippen LogP contribution < -0.4 is 11.2 Å². The quantitative estimate of drug-likeness (QED) is 0.337. The van der Waals surface area contributed by atoms with E-state index in [9.17, 15) is 14.4 Å². The van der Waals surface area contributed by atoms with Crippen molar-refractivity contribution in [2.24, 2.45) is 14.1 Å². The first-order chi connectivity index (χ1) is 18.4. The van der Waals surface area contributed by atoms with Crippen LogP contribution in [-0.4, -0.2) is 36.1 Å². The number of nitrogens with zero attached hydrogens (tertiary/aromatic N) is 5. The minimum atomic E-state index is -0.544. The molecule has 0 unspecified atom stereocenters. The van der Waals surface area contributed by atoms with Crippen LogP contribution in [0.3, 0.4) is 0 Å². The second kappa shape index (κ2) is 8.81. The van der Waals surface area contributed by atoms with Gasteiger partial charge in [0.2, 0.25) is 0 Å². The number of pyridine rings is 1. The Balaban J connectivity index is 1.84. The number of rotatable bonds is 4. The van der Waals surface area contributed by atoms with Crippen LogP contribution in [0, 0.1) is 0 Å². The summed E-state index contributed by atoms with van der Waals surface area (Å²) >= 11 is 0. The van der Waals surface area contributed by atoms with Gasteiger partial charge in [0.1, 0.15) is 5.69 Å². The zero-order valence-electron chi connectivity index (χ0n) is 21.0. The zero-order chi connectivity index (χ0) is 26.6. The van der Waals surface area contributed by atoms with Crippen molar-refractivity contribution in [1.82, 2.24) is 23.5 Å². The van der Waals surface area contributed by atoms with Crippen LogP contribution in [-0.2, 0) is 18.8 Å². The largest absolute Gasteiger partial charge is 0.461 e. The van der Waals surface area contributed by atoms with E-state index < -0.39 is 17.2 Å². The fraction of sp³-hybridized carbons (Fsp3) is 0.138. The Bertz CT molecular complexity index is 2020. The SMILES string of the molecule is CCOC(=O)c1c(-c2ccccc2)c(-c2cnc3c(n2)c(=O)n(C)c(=O)n3C)c2c3ccccc3ccn12. The van der Waals surface area contributed by atoms with E-state index in [1.807, 2.05) is 71.3 Å². The van der Waals surface area contributed by atoms with Crippen molar-refractivity contribution in [3.05, 3.63) is 99.6 Å². The van der Waals surface area contributed by atoms with Gasteiger partial charge in [0.25, 0.3) is 5.56 Å². The first kappa shape index (κ1) is 23.4. The smallest absolute Gasteiger partial charge is 0.355 e. The van der Waals surface area contributed by atoms with Crippen molar-refractivity contribution in [2.45, 2.75) is 6.92 Å². The standard InChI is InChI=1S/C29H23N5O4/c1-4-38-28(36)25-21(18-11-6-5-7-12-18)22(24-19-13-9-8-10-17(19)14-15-34(24)25)20-16-30-26-23(31-20)27(35)33(3)29(37)32(26)2/h5-16H,4H2,1-3H3. The highest BCUT2D eigenvalue weighted by Gasteiger charge is 2.29. The second-order valence-electron chi connectivity index (χ2n) is 8.94. The highest BCUT2D eigenvalue weighted by atomic mass is 16.5. The summed E-state index contributed by atoms with van der Waals surface area (Å²) in [6.45, 7) is 1.98. The number of aryl methyl sites for hydroxylation is 1. The number of ether oxygens (including phenoxy) is 1. The van der Waals surface area contributed by atoms with Crippen LogP contribution in [0.25, 0.3) is 49.8 Å². The van der Waals surface area contributed by atoms with Gasteiger partial charge < -0.3 is 9.14 Å². The van der Waals surface area contributed by atoms with Crippen molar-refractivity contribution >= 4 is 33.4 Å². The average Bonchev–Trinajstić information content (AvgIpc) is 3.31. The Morgan fingerprint density at radius 2 is 1.66 bits per heavy atom. The molecule has 0 fully saturated rings. The van der Waals surface area contributed by atoms with Crippen molar-refractivity contribution in [1.29, 1.82) is 0 Å². The molecule has 0 amide bonds. The Kier molecular flexibility index (Phi) is 5.41. The van der Waals surface area contributed by atoms with Crippen molar-refractivity contribution < 1.29 is 9.53 Å². The van der Waals surface area contributed by atoms with Crippen LogP contribution in [0.5, 0.6) is 0 Å². The minimum absolute atomic E-state index is 0.0587. The minimum Gasteiger partial charge on any atom is -0.461 e. The molecule has 0 aliphatic carbocycles. The molecule has 0 N–H and O–H groups in total. The highest BCUT2D eigenvalue weighted by molar-refractivity contribution is 6.13. The molecule has 4 aromatic heterocycles. The molecular formula is C29H23N5O4. The third-order valence-corrected chi connectivity index (χ3v) is 6.76. The maximum atomic E-state index is 13.5. The van der Waals surface area contributed by atoms with Crippen LogP contribution in [0.4, 0.5) is 0 Å². The fourth-order valence-corrected chi connectivity index (χ4v) is 5.00. The molecule has 4 heterocycles. The van der Waals surface area contributed by atoms with E-state index in [0.29, 0.717) is 22.5 Å². The lowest BCUT2D eigenvalue weighted by Crippen LogP contribution is -2.37. The molecular weight excluding hydrogens is 482 g/mol. The molecule has 38 heavy (non-hydrogen) atoms. The van der Waals surface area contributed by atoms with Crippen molar-refractivity contribution in [3.63, 3.8) is 0 Å². The van der Waals surface area contributed by atoms with Gasteiger partial charge >= 0.3 is 11.7 Å². The van der Waals surface area contributed by atoms with Gasteiger partial charge in [0.05, 0.1) is 24.0 Å². The van der Waals surface area contributed by atoms with E-state index in [1.54, 1.807) is 20.2 Å². The van der Waals surface area contributed by atoms with Gasteiger partial charge in [-0.2, -0.15) is 0 Å². The molecule has 188 valence electrons. The van der Waals surface area contributed by atoms with Gasteiger partial charge in [-0.25, -0.2) is 19.6 Å². The van der Waals surface area contributed by atoms with Gasteiger partial charge in [-0.3, -0.25) is 13.9 Å². The summed E-state index contributed by atoms with van der Waals surface area (Å²) in [6.07, 6.45) is 3.39. The Morgan fingerprint density at radius 3 is 2.42 bits per heavy atom. The van der Waals surface area contributed by atoms with E-state index in [4.69, 9.17) is 9.72 Å². The number of hydrogen-bond acceptors (Lipinski definition) is 6. The third-order valence-electron chi connectivity index (χ3n) is 6.76. The Labute approximate surface area is 216 Å². The molecule has 6 rings (SSSR count). The molecule has 0 aliphatic heterocycles. The number of hydrogen-bond donors (Lipinski definition) is 0. The van der Waals surface area contributed by atoms with E-state index in [1.165, 1.54) is 11.6 Å². The fourth-order valence-electron chi connectivity index (χ4n) is 5.00. The highest BCUT2D eigenvalue weighted by Crippen LogP contribution is 2.42. The van der Waals surface area contributed by atoms with Crippen molar-refractivity contribution in [2.75, 3.05) is 6.61 Å². The number of benzene rings is 2. The summed E-state index contributed by atoms with van der Waals surface area (Å²) in [4.78, 5) is 48.2. The van der Waals surface area contributed by atoms with Gasteiger partial charge in [-0.15, -0.1) is 0 Å². The number of carbonyl (C=O) groups is 1. The number of fused-ring (bicyclic) bond motifs is 4. The summed E-state index contributed by atoms with van der Waals surface area (Å²) in [5.41, 5.74) is 2.74. The lowest BCUT2D eigenvalue weighted by Gasteiger charge is -2.10. The van der Waals surface area contributed by atoms with Gasteiger partial charge in [0, 0.05) is 36.8 Å². The van der Waals surface area contributed by atoms with E-state index in [2.05, 4.69) is 4.98 Å². The Hall–Kier alpha value is -5.05. The molecule has 0 aliphatic rings. The lowest BCUT2D eigenvalue weighted by atomic mass is 9.97. The molecule has 0 atom stereocenters. The molecule has 0 saturated carbocycles. The molecule has 0 radical (unpaired) electrons. The first-order valence-corrected chi connectivity index (χ1v) is 12.1. The monoisotopic (exact) mass is 505 g/mol. The summed E-state index contributed by atoms with van der Waals surface area (Å²) in [6, 6.07) is 19.3. The molecule has 0 bridgehead atoms. The van der Waals surface area contributed by atoms with Crippen LogP contribution >= 0.6 is 0 Å². The number of esters is 1. The molecule has 6 aromatic rings. The third kappa shape index (κ3) is 3.36. The topological polar surface area (TPSA) is 100 Å². The predicted molar refractivity (Wildman–Crippen MR) is 145 cm³/mol. The number of carbonyl (C=O) groups excluding carboxylic acids is 1. The summed E-state index contributed by atoms with van der Waals surface area (Å²) in [5.74, 6) is -0.477. The zero-order valence-corrected chi connectivity index (χ0v) is 21.0. The maximum absolute atomic E-state index is 13.5. The Morgan fingerprint density at radius 1 is 0.921 bits per heavy atom. The number of aromatic nitrogens is 5. The molecule has 9 heteroatoms. The van der Waals surface area contributed by atoms with Crippen LogP contribution in [0.1, 0.15) is 17.4 Å². The summed E-state index contributed by atoms with van der Waals surface area (Å²) in [5, 5.41) is 1.87. The normalized spacial score (nSPS) is 11.4. The van der Waals surface area contributed by atoms with E-state index in [0.717, 1.165) is 26.4 Å². The second-order valence-corrected chi connectivity index (χ2v) is 8.94. The van der Waals surface area contributed by atoms with Crippen LogP contribution in [0.2, 0.25) is 0 Å². The predicted octanol–water partition coefficient (Wildman–Crippen LogP) is 3.94. The molecule has 9 nitrogen and oxygen atoms in total. The van der Waals surface area contributed by atoms with Crippen molar-refractivity contribution in [3.8, 4) is 22.4 Å². The molecule has 0 saturated heterocycles. The van der Waals surface area contributed by atoms with Crippen LogP contribution in [0.15, 0.2) is 82.6 Å². The average molecular weight is 506 g/mol. The van der Waals surface area contributed by atoms with E-state index >= 15 is 0 Å². The van der Waals surface area contributed by atoms with E-state index in [-0.39, 0.29) is 17.8 Å². The van der Waals surface area contributed by atoms with Gasteiger partial charge in [0.15, 0.2) is 11.2 Å². The summed E-state index contributed by atoms with van der Waals surface area (Å²) < 4.78 is 9.63. The van der Waals surface area contributed by atoms with Gasteiger partial charge in [-0.1, -0.05) is 54.6 Å².